The molecule has 1 saturated carbocycles. The molecular formula is C14H17FN2O. The molecule has 2 rings (SSSR count). The zero-order chi connectivity index (χ0) is 13.0. The van der Waals surface area contributed by atoms with Gasteiger partial charge in [-0.15, -0.1) is 0 Å². The van der Waals surface area contributed by atoms with Crippen LogP contribution in [0, 0.1) is 17.1 Å². The number of nitriles is 1. The van der Waals surface area contributed by atoms with Gasteiger partial charge in [0, 0.05) is 11.6 Å². The summed E-state index contributed by atoms with van der Waals surface area (Å²) in [6, 6.07) is 6.40. The third kappa shape index (κ3) is 3.06. The lowest BCUT2D eigenvalue weighted by Gasteiger charge is -2.28. The van der Waals surface area contributed by atoms with Gasteiger partial charge in [-0.3, -0.25) is 0 Å². The standard InChI is InChI=1S/C14H17FN2O/c15-12-7-10(8-16)5-6-11(12)9-18-14-4-2-1-3-13(14)17/h5-7,13-14H,1-4,9,17H2. The maximum absolute atomic E-state index is 13.6. The second-order valence-corrected chi connectivity index (χ2v) is 4.72. The Hall–Kier alpha value is -1.44. The molecule has 1 aliphatic carbocycles. The van der Waals surface area contributed by atoms with Gasteiger partial charge in [0.15, 0.2) is 0 Å². The molecule has 0 radical (unpaired) electrons. The number of ether oxygens (including phenoxy) is 1. The van der Waals surface area contributed by atoms with Gasteiger partial charge in [-0.05, 0) is 25.0 Å². The van der Waals surface area contributed by atoms with Gasteiger partial charge in [-0.1, -0.05) is 18.9 Å². The number of rotatable bonds is 3. The van der Waals surface area contributed by atoms with Crippen LogP contribution < -0.4 is 5.73 Å². The lowest BCUT2D eigenvalue weighted by molar-refractivity contribution is 0.00288. The maximum Gasteiger partial charge on any atom is 0.130 e. The summed E-state index contributed by atoms with van der Waals surface area (Å²) < 4.78 is 19.3. The van der Waals surface area contributed by atoms with E-state index in [2.05, 4.69) is 0 Å². The van der Waals surface area contributed by atoms with Crippen molar-refractivity contribution in [3.8, 4) is 6.07 Å². The van der Waals surface area contributed by atoms with E-state index < -0.39 is 5.82 Å². The van der Waals surface area contributed by atoms with Gasteiger partial charge in [0.05, 0.1) is 24.3 Å². The van der Waals surface area contributed by atoms with Crippen molar-refractivity contribution in [2.45, 2.75) is 44.4 Å². The van der Waals surface area contributed by atoms with Crippen molar-refractivity contribution < 1.29 is 9.13 Å². The van der Waals surface area contributed by atoms with Crippen LogP contribution in [0.5, 0.6) is 0 Å². The molecule has 2 atom stereocenters. The average Bonchev–Trinajstić information content (AvgIpc) is 2.39. The third-order valence-corrected chi connectivity index (χ3v) is 3.39. The molecular weight excluding hydrogens is 231 g/mol. The molecule has 3 nitrogen and oxygen atoms in total. The van der Waals surface area contributed by atoms with Crippen molar-refractivity contribution >= 4 is 0 Å². The van der Waals surface area contributed by atoms with E-state index in [1.54, 1.807) is 12.1 Å². The van der Waals surface area contributed by atoms with E-state index >= 15 is 0 Å². The molecule has 0 amide bonds. The molecule has 1 aliphatic rings. The molecule has 1 aromatic carbocycles. The Labute approximate surface area is 106 Å². The van der Waals surface area contributed by atoms with Crippen LogP contribution in [0.1, 0.15) is 36.8 Å². The largest absolute Gasteiger partial charge is 0.372 e. The zero-order valence-electron chi connectivity index (χ0n) is 10.2. The van der Waals surface area contributed by atoms with Crippen molar-refractivity contribution in [2.75, 3.05) is 0 Å². The number of halogens is 1. The normalized spacial score (nSPS) is 23.6. The minimum Gasteiger partial charge on any atom is -0.372 e. The third-order valence-electron chi connectivity index (χ3n) is 3.39. The number of nitrogens with zero attached hydrogens (tertiary/aromatic N) is 1. The summed E-state index contributed by atoms with van der Waals surface area (Å²) in [7, 11) is 0. The average molecular weight is 248 g/mol. The second-order valence-electron chi connectivity index (χ2n) is 4.72. The summed E-state index contributed by atoms with van der Waals surface area (Å²) in [5.74, 6) is -0.390. The summed E-state index contributed by atoms with van der Waals surface area (Å²) in [6.07, 6.45) is 4.20. The van der Waals surface area contributed by atoms with Gasteiger partial charge in [-0.25, -0.2) is 4.39 Å². The smallest absolute Gasteiger partial charge is 0.130 e. The Morgan fingerprint density at radius 3 is 2.83 bits per heavy atom. The molecule has 0 saturated heterocycles. The van der Waals surface area contributed by atoms with Gasteiger partial charge in [-0.2, -0.15) is 5.26 Å². The van der Waals surface area contributed by atoms with Gasteiger partial charge in [0.1, 0.15) is 5.82 Å². The van der Waals surface area contributed by atoms with E-state index in [1.807, 2.05) is 6.07 Å². The van der Waals surface area contributed by atoms with Gasteiger partial charge >= 0.3 is 0 Å². The number of hydrogen-bond acceptors (Lipinski definition) is 3. The second kappa shape index (κ2) is 5.94. The minimum absolute atomic E-state index is 0.0220. The van der Waals surface area contributed by atoms with Crippen LogP contribution in [0.3, 0.4) is 0 Å². The molecule has 4 heteroatoms. The highest BCUT2D eigenvalue weighted by molar-refractivity contribution is 5.32. The van der Waals surface area contributed by atoms with Crippen LogP contribution in [0.4, 0.5) is 4.39 Å². The number of hydrogen-bond donors (Lipinski definition) is 1. The molecule has 0 spiro atoms. The van der Waals surface area contributed by atoms with Crippen LogP contribution in [0.2, 0.25) is 0 Å². The van der Waals surface area contributed by atoms with E-state index in [4.69, 9.17) is 15.7 Å². The Morgan fingerprint density at radius 2 is 2.17 bits per heavy atom. The summed E-state index contributed by atoms with van der Waals surface area (Å²) >= 11 is 0. The molecule has 18 heavy (non-hydrogen) atoms. The fraction of sp³-hybridized carbons (Fsp3) is 0.500. The van der Waals surface area contributed by atoms with E-state index in [9.17, 15) is 4.39 Å². The fourth-order valence-corrected chi connectivity index (χ4v) is 2.26. The Bertz CT molecular complexity index is 456. The van der Waals surface area contributed by atoms with Crippen LogP contribution in [-0.2, 0) is 11.3 Å². The molecule has 1 aromatic rings. The minimum atomic E-state index is -0.390. The Morgan fingerprint density at radius 1 is 1.39 bits per heavy atom. The molecule has 2 N–H and O–H groups in total. The first kappa shape index (κ1) is 13.0. The fourth-order valence-electron chi connectivity index (χ4n) is 2.26. The Kier molecular flexibility index (Phi) is 4.29. The van der Waals surface area contributed by atoms with Crippen LogP contribution >= 0.6 is 0 Å². The van der Waals surface area contributed by atoms with Crippen molar-refractivity contribution in [1.82, 2.24) is 0 Å². The maximum atomic E-state index is 13.6. The molecule has 0 aliphatic heterocycles. The summed E-state index contributed by atoms with van der Waals surface area (Å²) in [6.45, 7) is 0.218. The molecule has 1 fully saturated rings. The zero-order valence-corrected chi connectivity index (χ0v) is 10.2. The summed E-state index contributed by atoms with van der Waals surface area (Å²) in [5.41, 5.74) is 6.77. The van der Waals surface area contributed by atoms with E-state index in [1.165, 1.54) is 6.07 Å². The van der Waals surface area contributed by atoms with Crippen molar-refractivity contribution in [3.05, 3.63) is 35.1 Å². The molecule has 0 aromatic heterocycles. The van der Waals surface area contributed by atoms with Crippen molar-refractivity contribution in [1.29, 1.82) is 5.26 Å². The highest BCUT2D eigenvalue weighted by atomic mass is 19.1. The van der Waals surface area contributed by atoms with Gasteiger partial charge in [0.25, 0.3) is 0 Å². The topological polar surface area (TPSA) is 59.0 Å². The van der Waals surface area contributed by atoms with E-state index in [0.29, 0.717) is 11.1 Å². The highest BCUT2D eigenvalue weighted by Gasteiger charge is 2.22. The lowest BCUT2D eigenvalue weighted by atomic mass is 9.93. The first-order valence-electron chi connectivity index (χ1n) is 6.26. The predicted molar refractivity (Wildman–Crippen MR) is 66.1 cm³/mol. The first-order valence-corrected chi connectivity index (χ1v) is 6.26. The molecule has 96 valence electrons. The van der Waals surface area contributed by atoms with Crippen molar-refractivity contribution in [3.63, 3.8) is 0 Å². The van der Waals surface area contributed by atoms with Crippen molar-refractivity contribution in [2.24, 2.45) is 5.73 Å². The summed E-state index contributed by atoms with van der Waals surface area (Å²) in [5, 5.41) is 8.66. The van der Waals surface area contributed by atoms with E-state index in [-0.39, 0.29) is 18.8 Å². The Balaban J connectivity index is 1.95. The predicted octanol–water partition coefficient (Wildman–Crippen LogP) is 2.48. The molecule has 0 heterocycles. The lowest BCUT2D eigenvalue weighted by Crippen LogP contribution is -2.39. The van der Waals surface area contributed by atoms with Gasteiger partial charge < -0.3 is 10.5 Å². The monoisotopic (exact) mass is 248 g/mol. The van der Waals surface area contributed by atoms with Crippen LogP contribution in [0.25, 0.3) is 0 Å². The summed E-state index contributed by atoms with van der Waals surface area (Å²) in [4.78, 5) is 0. The number of benzene rings is 1. The SMILES string of the molecule is N#Cc1ccc(COC2CCCCC2N)c(F)c1. The number of nitrogens with two attached hydrogens (primary N) is 1. The molecule has 0 bridgehead atoms. The van der Waals surface area contributed by atoms with Gasteiger partial charge in [0.2, 0.25) is 0 Å². The highest BCUT2D eigenvalue weighted by Crippen LogP contribution is 2.21. The van der Waals surface area contributed by atoms with E-state index in [0.717, 1.165) is 25.7 Å². The quantitative estimate of drug-likeness (QED) is 0.894. The van der Waals surface area contributed by atoms with Crippen LogP contribution in [-0.4, -0.2) is 12.1 Å². The van der Waals surface area contributed by atoms with Crippen LogP contribution in [0.15, 0.2) is 18.2 Å². The molecule has 2 unspecified atom stereocenters. The first-order chi connectivity index (χ1) is 8.70.